The van der Waals surface area contributed by atoms with Crippen molar-refractivity contribution in [2.24, 2.45) is 11.1 Å². The number of piperidine rings is 1. The summed E-state index contributed by atoms with van der Waals surface area (Å²) in [6, 6.07) is 0. The molecule has 0 bridgehead atoms. The summed E-state index contributed by atoms with van der Waals surface area (Å²) in [5.41, 5.74) is 1.06. The van der Waals surface area contributed by atoms with Gasteiger partial charge in [-0.2, -0.15) is 0 Å². The van der Waals surface area contributed by atoms with Crippen molar-refractivity contribution >= 4 is 5.71 Å². The molecule has 0 aliphatic carbocycles. The lowest BCUT2D eigenvalue weighted by atomic mass is 9.94. The molecule has 3 heteroatoms. The lowest BCUT2D eigenvalue weighted by Gasteiger charge is -2.29. The molecule has 0 N–H and O–H groups in total. The number of terminal acetylenes is 1. The normalized spacial score (nSPS) is 24.4. The Labute approximate surface area is 86.1 Å². The molecule has 1 fully saturated rings. The number of nitrogens with zero attached hydrogens (tertiary/aromatic N) is 2. The van der Waals surface area contributed by atoms with Gasteiger partial charge in [-0.15, -0.1) is 6.42 Å². The van der Waals surface area contributed by atoms with Gasteiger partial charge >= 0.3 is 0 Å². The second-order valence-electron chi connectivity index (χ2n) is 3.81. The van der Waals surface area contributed by atoms with E-state index in [1.165, 1.54) is 19.4 Å². The minimum absolute atomic E-state index is 0.264. The van der Waals surface area contributed by atoms with Gasteiger partial charge in [-0.05, 0) is 33.4 Å². The summed E-state index contributed by atoms with van der Waals surface area (Å²) in [6.45, 7) is 4.55. The molecule has 1 saturated heterocycles. The summed E-state index contributed by atoms with van der Waals surface area (Å²) in [7, 11) is 2.14. The van der Waals surface area contributed by atoms with Crippen LogP contribution in [0.2, 0.25) is 0 Å². The third-order valence-electron chi connectivity index (χ3n) is 2.57. The van der Waals surface area contributed by atoms with Gasteiger partial charge in [0.1, 0.15) is 0 Å². The molecule has 0 radical (unpaired) electrons. The predicted molar refractivity (Wildman–Crippen MR) is 58.1 cm³/mol. The van der Waals surface area contributed by atoms with Crippen LogP contribution in [0.15, 0.2) is 5.16 Å². The molecule has 0 aromatic rings. The Morgan fingerprint density at radius 3 is 3.14 bits per heavy atom. The zero-order valence-corrected chi connectivity index (χ0v) is 8.99. The second-order valence-corrected chi connectivity index (χ2v) is 3.81. The number of likely N-dealkylation sites (tertiary alicyclic amines) is 1. The summed E-state index contributed by atoms with van der Waals surface area (Å²) in [6.07, 6.45) is 7.51. The van der Waals surface area contributed by atoms with Crippen LogP contribution in [-0.4, -0.2) is 37.4 Å². The molecule has 0 saturated carbocycles. The van der Waals surface area contributed by atoms with Gasteiger partial charge in [0, 0.05) is 12.5 Å². The first-order valence-corrected chi connectivity index (χ1v) is 5.02. The molecule has 78 valence electrons. The molecule has 1 atom stereocenters. The van der Waals surface area contributed by atoms with Crippen LogP contribution in [0.4, 0.5) is 0 Å². The molecule has 0 aromatic heterocycles. The van der Waals surface area contributed by atoms with E-state index in [9.17, 15) is 0 Å². The van der Waals surface area contributed by atoms with Gasteiger partial charge in [0.05, 0.1) is 5.71 Å². The first kappa shape index (κ1) is 11.1. The molecular formula is C11H18N2O. The van der Waals surface area contributed by atoms with Gasteiger partial charge in [0.25, 0.3) is 0 Å². The van der Waals surface area contributed by atoms with E-state index in [1.807, 2.05) is 6.92 Å². The Morgan fingerprint density at radius 1 is 1.71 bits per heavy atom. The third-order valence-corrected chi connectivity index (χ3v) is 2.57. The van der Waals surface area contributed by atoms with Crippen molar-refractivity contribution in [3.8, 4) is 12.3 Å². The Kier molecular flexibility index (Phi) is 4.48. The molecular weight excluding hydrogens is 176 g/mol. The minimum atomic E-state index is 0.264. The van der Waals surface area contributed by atoms with E-state index in [1.54, 1.807) is 0 Å². The average Bonchev–Trinajstić information content (AvgIpc) is 2.18. The fraction of sp³-hybridized carbons (Fsp3) is 0.727. The van der Waals surface area contributed by atoms with Crippen molar-refractivity contribution in [2.45, 2.75) is 19.8 Å². The lowest BCUT2D eigenvalue weighted by Crippen LogP contribution is -2.35. The predicted octanol–water partition coefficient (Wildman–Crippen LogP) is 1.35. The van der Waals surface area contributed by atoms with Crippen molar-refractivity contribution < 1.29 is 4.84 Å². The maximum atomic E-state index is 5.06. The van der Waals surface area contributed by atoms with E-state index < -0.39 is 0 Å². The largest absolute Gasteiger partial charge is 0.383 e. The van der Waals surface area contributed by atoms with E-state index >= 15 is 0 Å². The van der Waals surface area contributed by atoms with Crippen LogP contribution in [0, 0.1) is 18.3 Å². The van der Waals surface area contributed by atoms with Crippen LogP contribution in [-0.2, 0) is 4.84 Å². The zero-order chi connectivity index (χ0) is 10.4. The first-order valence-electron chi connectivity index (χ1n) is 5.02. The molecule has 0 spiro atoms. The van der Waals surface area contributed by atoms with Gasteiger partial charge in [-0.25, -0.2) is 0 Å². The highest BCUT2D eigenvalue weighted by Crippen LogP contribution is 2.16. The van der Waals surface area contributed by atoms with E-state index in [4.69, 9.17) is 11.3 Å². The maximum Gasteiger partial charge on any atom is 0.177 e. The Hall–Kier alpha value is -1.01. The Bertz CT molecular complexity index is 242. The van der Waals surface area contributed by atoms with Gasteiger partial charge in [0.2, 0.25) is 0 Å². The summed E-state index contributed by atoms with van der Waals surface area (Å²) in [5.74, 6) is 2.93. The number of hydrogen-bond donors (Lipinski definition) is 0. The molecule has 1 aliphatic rings. The maximum absolute atomic E-state index is 5.06. The second kappa shape index (κ2) is 5.66. The SMILES string of the molecule is C#CCON=C(C)C1CCCN(C)C1. The van der Waals surface area contributed by atoms with Crippen LogP contribution < -0.4 is 0 Å². The van der Waals surface area contributed by atoms with Crippen LogP contribution in [0.3, 0.4) is 0 Å². The van der Waals surface area contributed by atoms with E-state index in [0.717, 1.165) is 12.3 Å². The molecule has 14 heavy (non-hydrogen) atoms. The number of rotatable bonds is 3. The standard InChI is InChI=1S/C11H18N2O/c1-4-8-14-12-10(2)11-6-5-7-13(3)9-11/h1,11H,5-9H2,2-3H3. The number of oxime groups is 1. The smallest absolute Gasteiger partial charge is 0.177 e. The Morgan fingerprint density at radius 2 is 2.50 bits per heavy atom. The van der Waals surface area contributed by atoms with Crippen LogP contribution in [0.1, 0.15) is 19.8 Å². The van der Waals surface area contributed by atoms with Crippen LogP contribution >= 0.6 is 0 Å². The van der Waals surface area contributed by atoms with Gasteiger partial charge in [0.15, 0.2) is 6.61 Å². The van der Waals surface area contributed by atoms with E-state index in [0.29, 0.717) is 5.92 Å². The summed E-state index contributed by atoms with van der Waals surface area (Å²) < 4.78 is 0. The molecule has 1 unspecified atom stereocenters. The third kappa shape index (κ3) is 3.39. The van der Waals surface area contributed by atoms with Crippen molar-refractivity contribution in [2.75, 3.05) is 26.7 Å². The molecule has 3 nitrogen and oxygen atoms in total. The highest BCUT2D eigenvalue weighted by Gasteiger charge is 2.19. The molecule has 1 heterocycles. The number of hydrogen-bond acceptors (Lipinski definition) is 3. The van der Waals surface area contributed by atoms with Crippen molar-refractivity contribution in [3.05, 3.63) is 0 Å². The lowest BCUT2D eigenvalue weighted by molar-refractivity contribution is 0.173. The molecule has 0 amide bonds. The Balaban J connectivity index is 2.39. The van der Waals surface area contributed by atoms with E-state index in [2.05, 4.69) is 23.0 Å². The molecule has 0 aromatic carbocycles. The highest BCUT2D eigenvalue weighted by atomic mass is 16.6. The quantitative estimate of drug-likeness (QED) is 0.293. The van der Waals surface area contributed by atoms with Gasteiger partial charge in [-0.1, -0.05) is 11.1 Å². The summed E-state index contributed by atoms with van der Waals surface area (Å²) in [5, 5.41) is 4.02. The zero-order valence-electron chi connectivity index (χ0n) is 8.99. The van der Waals surface area contributed by atoms with E-state index in [-0.39, 0.29) is 6.61 Å². The van der Waals surface area contributed by atoms with Gasteiger partial charge in [-0.3, -0.25) is 0 Å². The first-order chi connectivity index (χ1) is 6.74. The van der Waals surface area contributed by atoms with Gasteiger partial charge < -0.3 is 9.74 Å². The minimum Gasteiger partial charge on any atom is -0.383 e. The topological polar surface area (TPSA) is 24.8 Å². The average molecular weight is 194 g/mol. The molecule has 1 rings (SSSR count). The molecule has 1 aliphatic heterocycles. The van der Waals surface area contributed by atoms with Crippen LogP contribution in [0.5, 0.6) is 0 Å². The fourth-order valence-corrected chi connectivity index (χ4v) is 1.75. The monoisotopic (exact) mass is 194 g/mol. The summed E-state index contributed by atoms with van der Waals surface area (Å²) in [4.78, 5) is 7.29. The summed E-state index contributed by atoms with van der Waals surface area (Å²) >= 11 is 0. The fourth-order valence-electron chi connectivity index (χ4n) is 1.75. The van der Waals surface area contributed by atoms with Crippen molar-refractivity contribution in [1.82, 2.24) is 4.90 Å². The van der Waals surface area contributed by atoms with Crippen LogP contribution in [0.25, 0.3) is 0 Å². The van der Waals surface area contributed by atoms with Crippen molar-refractivity contribution in [1.29, 1.82) is 0 Å². The highest BCUT2D eigenvalue weighted by molar-refractivity contribution is 5.84. The van der Waals surface area contributed by atoms with Crippen molar-refractivity contribution in [3.63, 3.8) is 0 Å².